The molecule has 1 aromatic heterocycles. The summed E-state index contributed by atoms with van der Waals surface area (Å²) in [7, 11) is 0. The van der Waals surface area contributed by atoms with Gasteiger partial charge in [0.05, 0.1) is 5.56 Å². The van der Waals surface area contributed by atoms with Crippen molar-refractivity contribution in [3.05, 3.63) is 45.4 Å². The van der Waals surface area contributed by atoms with Crippen molar-refractivity contribution < 1.29 is 13.2 Å². The molecule has 0 saturated carbocycles. The first-order valence-electron chi connectivity index (χ1n) is 6.55. The number of nitrogens with zero attached hydrogens (tertiary/aromatic N) is 2. The lowest BCUT2D eigenvalue weighted by Crippen LogP contribution is -2.21. The Hall–Kier alpha value is -1.47. The maximum atomic E-state index is 12.5. The van der Waals surface area contributed by atoms with Gasteiger partial charge in [-0.15, -0.1) is 10.2 Å². The Morgan fingerprint density at radius 2 is 1.71 bits per heavy atom. The van der Waals surface area contributed by atoms with E-state index >= 15 is 0 Å². The summed E-state index contributed by atoms with van der Waals surface area (Å²) in [6.07, 6.45) is -3.80. The van der Waals surface area contributed by atoms with Crippen LogP contribution in [0.1, 0.15) is 35.0 Å². The lowest BCUT2D eigenvalue weighted by molar-refractivity contribution is -0.137. The van der Waals surface area contributed by atoms with Gasteiger partial charge >= 0.3 is 6.18 Å². The van der Waals surface area contributed by atoms with Crippen LogP contribution in [0.15, 0.2) is 24.3 Å². The Balaban J connectivity index is 1.98. The number of hydrogen-bond acceptors (Lipinski definition) is 4. The Morgan fingerprint density at radius 3 is 2.29 bits per heavy atom. The third kappa shape index (κ3) is 4.78. The fourth-order valence-corrected chi connectivity index (χ4v) is 2.54. The van der Waals surface area contributed by atoms with Crippen molar-refractivity contribution in [2.75, 3.05) is 0 Å². The summed E-state index contributed by atoms with van der Waals surface area (Å²) in [4.78, 5) is 0. The van der Waals surface area contributed by atoms with Crippen LogP contribution in [0, 0.1) is 0 Å². The molecule has 0 radical (unpaired) electrons. The zero-order valence-corrected chi connectivity index (χ0v) is 12.6. The highest BCUT2D eigenvalue weighted by Gasteiger charge is 2.29. The second-order valence-corrected chi connectivity index (χ2v) is 6.14. The minimum Gasteiger partial charge on any atom is -0.308 e. The molecule has 0 bridgehead atoms. The normalized spacial score (nSPS) is 12.1. The first-order valence-corrected chi connectivity index (χ1v) is 7.37. The average molecular weight is 315 g/mol. The summed E-state index contributed by atoms with van der Waals surface area (Å²) in [6.45, 7) is 4.75. The van der Waals surface area contributed by atoms with Gasteiger partial charge in [0.1, 0.15) is 10.0 Å². The van der Waals surface area contributed by atoms with Crippen LogP contribution in [0.5, 0.6) is 0 Å². The molecule has 3 nitrogen and oxygen atoms in total. The molecule has 0 aliphatic carbocycles. The van der Waals surface area contributed by atoms with Crippen LogP contribution in [0.3, 0.4) is 0 Å². The number of alkyl halides is 3. The number of aromatic nitrogens is 2. The molecular weight excluding hydrogens is 299 g/mol. The van der Waals surface area contributed by atoms with E-state index in [2.05, 4.69) is 15.5 Å². The van der Waals surface area contributed by atoms with E-state index in [1.54, 1.807) is 0 Å². The third-order valence-electron chi connectivity index (χ3n) is 2.81. The minimum absolute atomic E-state index is 0.368. The molecule has 2 aromatic rings. The van der Waals surface area contributed by atoms with Crippen LogP contribution in [0.2, 0.25) is 0 Å². The summed E-state index contributed by atoms with van der Waals surface area (Å²) >= 11 is 1.47. The van der Waals surface area contributed by atoms with Crippen LogP contribution >= 0.6 is 11.3 Å². The van der Waals surface area contributed by atoms with Gasteiger partial charge in [-0.05, 0) is 17.7 Å². The lowest BCUT2D eigenvalue weighted by Gasteiger charge is -2.06. The first-order chi connectivity index (χ1) is 9.84. The summed E-state index contributed by atoms with van der Waals surface area (Å²) < 4.78 is 37.4. The van der Waals surface area contributed by atoms with E-state index in [1.165, 1.54) is 23.5 Å². The monoisotopic (exact) mass is 315 g/mol. The Morgan fingerprint density at radius 1 is 1.10 bits per heavy atom. The van der Waals surface area contributed by atoms with Crippen molar-refractivity contribution in [2.24, 2.45) is 0 Å². The summed E-state index contributed by atoms with van der Waals surface area (Å²) in [5, 5.41) is 13.1. The Kier molecular flexibility index (Phi) is 4.95. The predicted octanol–water partition coefficient (Wildman–Crippen LogP) is 3.65. The number of benzene rings is 1. The van der Waals surface area contributed by atoms with Gasteiger partial charge in [-0.2, -0.15) is 13.2 Å². The largest absolute Gasteiger partial charge is 0.416 e. The van der Waals surface area contributed by atoms with E-state index in [-0.39, 0.29) is 0 Å². The zero-order valence-electron chi connectivity index (χ0n) is 11.7. The van der Waals surface area contributed by atoms with Crippen LogP contribution in [0.25, 0.3) is 0 Å². The van der Waals surface area contributed by atoms with Gasteiger partial charge in [0.15, 0.2) is 0 Å². The predicted molar refractivity (Wildman–Crippen MR) is 76.1 cm³/mol. The summed E-state index contributed by atoms with van der Waals surface area (Å²) in [6, 6.07) is 5.52. The van der Waals surface area contributed by atoms with E-state index in [9.17, 15) is 13.2 Å². The molecule has 0 spiro atoms. The number of rotatable bonds is 5. The van der Waals surface area contributed by atoms with Crippen molar-refractivity contribution >= 4 is 11.3 Å². The quantitative estimate of drug-likeness (QED) is 0.915. The highest BCUT2D eigenvalue weighted by Crippen LogP contribution is 2.29. The number of halogens is 3. The van der Waals surface area contributed by atoms with Crippen LogP contribution in [-0.2, 0) is 19.1 Å². The van der Waals surface area contributed by atoms with Gasteiger partial charge in [-0.1, -0.05) is 37.3 Å². The van der Waals surface area contributed by atoms with Gasteiger partial charge in [0.2, 0.25) is 0 Å². The number of hydrogen-bond donors (Lipinski definition) is 1. The van der Waals surface area contributed by atoms with Crippen LogP contribution in [-0.4, -0.2) is 16.2 Å². The van der Waals surface area contributed by atoms with E-state index in [1.807, 2.05) is 13.8 Å². The summed E-state index contributed by atoms with van der Waals surface area (Å²) in [5.41, 5.74) is 0.160. The molecule has 0 aliphatic heterocycles. The van der Waals surface area contributed by atoms with Crippen molar-refractivity contribution in [2.45, 2.75) is 39.0 Å². The molecule has 0 aliphatic rings. The topological polar surface area (TPSA) is 37.8 Å². The highest BCUT2D eigenvalue weighted by atomic mass is 32.1. The van der Waals surface area contributed by atoms with Crippen molar-refractivity contribution in [1.29, 1.82) is 0 Å². The zero-order chi connectivity index (χ0) is 15.5. The van der Waals surface area contributed by atoms with E-state index in [4.69, 9.17) is 0 Å². The molecule has 0 saturated heterocycles. The van der Waals surface area contributed by atoms with Crippen LogP contribution in [0.4, 0.5) is 13.2 Å². The minimum atomic E-state index is -4.29. The lowest BCUT2D eigenvalue weighted by atomic mass is 10.1. The van der Waals surface area contributed by atoms with Gasteiger partial charge in [-0.3, -0.25) is 0 Å². The van der Waals surface area contributed by atoms with E-state index in [0.29, 0.717) is 19.0 Å². The average Bonchev–Trinajstić information content (AvgIpc) is 2.83. The molecule has 21 heavy (non-hydrogen) atoms. The molecule has 0 amide bonds. The van der Waals surface area contributed by atoms with Gasteiger partial charge < -0.3 is 5.32 Å². The maximum Gasteiger partial charge on any atom is 0.416 e. The third-order valence-corrected chi connectivity index (χ3v) is 3.73. The van der Waals surface area contributed by atoms with Gasteiger partial charge in [-0.25, -0.2) is 0 Å². The van der Waals surface area contributed by atoms with Crippen molar-refractivity contribution in [1.82, 2.24) is 15.5 Å². The molecule has 1 N–H and O–H groups in total. The smallest absolute Gasteiger partial charge is 0.308 e. The van der Waals surface area contributed by atoms with Crippen LogP contribution < -0.4 is 5.32 Å². The molecule has 2 rings (SSSR count). The molecule has 114 valence electrons. The van der Waals surface area contributed by atoms with Crippen molar-refractivity contribution in [3.8, 4) is 0 Å². The van der Waals surface area contributed by atoms with E-state index < -0.39 is 11.7 Å². The molecule has 1 heterocycles. The molecule has 0 unspecified atom stereocenters. The van der Waals surface area contributed by atoms with Gasteiger partial charge in [0.25, 0.3) is 0 Å². The standard InChI is InChI=1S/C14H16F3N3S/c1-9(2)18-8-13-20-19-12(21-13)7-10-3-5-11(6-4-10)14(15,16)17/h3-6,9,18H,7-8H2,1-2H3. The van der Waals surface area contributed by atoms with Crippen molar-refractivity contribution in [3.63, 3.8) is 0 Å². The first kappa shape index (κ1) is 15.9. The second kappa shape index (κ2) is 6.53. The van der Waals surface area contributed by atoms with Gasteiger partial charge in [0, 0.05) is 19.0 Å². The maximum absolute atomic E-state index is 12.5. The van der Waals surface area contributed by atoms with E-state index in [0.717, 1.165) is 27.7 Å². The Bertz CT molecular complexity index is 576. The molecule has 0 fully saturated rings. The fraction of sp³-hybridized carbons (Fsp3) is 0.429. The summed E-state index contributed by atoms with van der Waals surface area (Å²) in [5.74, 6) is 0. The Labute approximate surface area is 125 Å². The molecule has 1 aromatic carbocycles. The molecule has 7 heteroatoms. The molecule has 0 atom stereocenters. The molecular formula is C14H16F3N3S. The highest BCUT2D eigenvalue weighted by molar-refractivity contribution is 7.11. The fourth-order valence-electron chi connectivity index (χ4n) is 1.71. The second-order valence-electron chi connectivity index (χ2n) is 5.00. The number of nitrogens with one attached hydrogen (secondary N) is 1. The SMILES string of the molecule is CC(C)NCc1nnc(Cc2ccc(C(F)(F)F)cc2)s1.